The highest BCUT2D eigenvalue weighted by atomic mass is 35.5. The zero-order valence-electron chi connectivity index (χ0n) is 10.1. The minimum atomic E-state index is -0.224. The molecule has 0 aliphatic heterocycles. The topological polar surface area (TPSA) is 57.0 Å². The van der Waals surface area contributed by atoms with Gasteiger partial charge in [0.1, 0.15) is 0 Å². The van der Waals surface area contributed by atoms with Crippen LogP contribution in [0.15, 0.2) is 24.7 Å². The first-order valence-electron chi connectivity index (χ1n) is 5.43. The minimum absolute atomic E-state index is 0.224. The van der Waals surface area contributed by atoms with Crippen LogP contribution in [0.4, 0.5) is 0 Å². The first-order valence-corrected chi connectivity index (χ1v) is 5.80. The average Bonchev–Trinajstić information content (AvgIpc) is 2.81. The van der Waals surface area contributed by atoms with Gasteiger partial charge in [-0.15, -0.1) is 0 Å². The molecule has 0 unspecified atom stereocenters. The lowest BCUT2D eigenvalue weighted by molar-refractivity contribution is 0.102. The third-order valence-electron chi connectivity index (χ3n) is 2.56. The van der Waals surface area contributed by atoms with E-state index < -0.39 is 0 Å². The molecule has 6 heteroatoms. The standard InChI is InChI=1S/C12H12ClN3O2/c1-3-16-11(10(18-2)7-15-16)12(17)8-4-5-14-6-9(8)13/h4-7H,3H2,1-2H3. The maximum Gasteiger partial charge on any atom is 0.216 e. The van der Waals surface area contributed by atoms with Crippen molar-refractivity contribution in [3.05, 3.63) is 40.9 Å². The normalized spacial score (nSPS) is 10.4. The van der Waals surface area contributed by atoms with Gasteiger partial charge < -0.3 is 4.74 Å². The zero-order valence-corrected chi connectivity index (χ0v) is 10.8. The Morgan fingerprint density at radius 2 is 2.28 bits per heavy atom. The van der Waals surface area contributed by atoms with Crippen LogP contribution in [-0.4, -0.2) is 27.7 Å². The highest BCUT2D eigenvalue weighted by molar-refractivity contribution is 6.34. The van der Waals surface area contributed by atoms with E-state index >= 15 is 0 Å². The van der Waals surface area contributed by atoms with Crippen LogP contribution in [0.2, 0.25) is 5.02 Å². The Kier molecular flexibility index (Phi) is 3.62. The summed E-state index contributed by atoms with van der Waals surface area (Å²) in [7, 11) is 1.50. The molecular weight excluding hydrogens is 254 g/mol. The molecule has 0 saturated heterocycles. The Hall–Kier alpha value is -1.88. The van der Waals surface area contributed by atoms with Crippen LogP contribution < -0.4 is 4.74 Å². The molecule has 5 nitrogen and oxygen atoms in total. The number of carbonyl (C=O) groups excluding carboxylic acids is 1. The number of nitrogens with zero attached hydrogens (tertiary/aromatic N) is 3. The van der Waals surface area contributed by atoms with Gasteiger partial charge in [-0.3, -0.25) is 14.5 Å². The summed E-state index contributed by atoms with van der Waals surface area (Å²) in [4.78, 5) is 16.3. The number of ether oxygens (including phenoxy) is 1. The molecule has 0 aromatic carbocycles. The second kappa shape index (κ2) is 5.18. The number of aromatic nitrogens is 3. The van der Waals surface area contributed by atoms with Crippen LogP contribution in [0.1, 0.15) is 23.0 Å². The van der Waals surface area contributed by atoms with E-state index in [1.807, 2.05) is 6.92 Å². The molecule has 94 valence electrons. The van der Waals surface area contributed by atoms with Gasteiger partial charge in [-0.05, 0) is 13.0 Å². The fourth-order valence-corrected chi connectivity index (χ4v) is 1.88. The predicted molar refractivity (Wildman–Crippen MR) is 67.1 cm³/mol. The summed E-state index contributed by atoms with van der Waals surface area (Å²) < 4.78 is 6.73. The molecule has 0 amide bonds. The van der Waals surface area contributed by atoms with Gasteiger partial charge in [-0.2, -0.15) is 5.10 Å². The van der Waals surface area contributed by atoms with Gasteiger partial charge in [0, 0.05) is 24.5 Å². The first kappa shape index (κ1) is 12.6. The number of pyridine rings is 1. The molecule has 2 aromatic rings. The molecule has 0 fully saturated rings. The monoisotopic (exact) mass is 265 g/mol. The summed E-state index contributed by atoms with van der Waals surface area (Å²) in [5, 5.41) is 4.41. The van der Waals surface area contributed by atoms with E-state index in [9.17, 15) is 4.79 Å². The fraction of sp³-hybridized carbons (Fsp3) is 0.250. The number of hydrogen-bond donors (Lipinski definition) is 0. The molecule has 2 heterocycles. The van der Waals surface area contributed by atoms with Crippen molar-refractivity contribution in [2.24, 2.45) is 0 Å². The van der Waals surface area contributed by atoms with Crippen LogP contribution in [0.25, 0.3) is 0 Å². The van der Waals surface area contributed by atoms with E-state index in [-0.39, 0.29) is 5.78 Å². The first-order chi connectivity index (χ1) is 8.69. The summed E-state index contributed by atoms with van der Waals surface area (Å²) in [6, 6.07) is 1.58. The van der Waals surface area contributed by atoms with Gasteiger partial charge in [0.05, 0.1) is 18.3 Å². The summed E-state index contributed by atoms with van der Waals surface area (Å²) in [5.41, 5.74) is 0.785. The number of rotatable bonds is 4. The van der Waals surface area contributed by atoms with Crippen molar-refractivity contribution in [2.75, 3.05) is 7.11 Å². The summed E-state index contributed by atoms with van der Waals surface area (Å²) >= 11 is 5.97. The van der Waals surface area contributed by atoms with E-state index in [2.05, 4.69) is 10.1 Å². The zero-order chi connectivity index (χ0) is 13.1. The lowest BCUT2D eigenvalue weighted by Gasteiger charge is -2.07. The largest absolute Gasteiger partial charge is 0.493 e. The van der Waals surface area contributed by atoms with Crippen molar-refractivity contribution < 1.29 is 9.53 Å². The van der Waals surface area contributed by atoms with Gasteiger partial charge in [-0.1, -0.05) is 11.6 Å². The SMILES string of the molecule is CCn1ncc(OC)c1C(=O)c1ccncc1Cl. The van der Waals surface area contributed by atoms with Crippen LogP contribution in [0.3, 0.4) is 0 Å². The van der Waals surface area contributed by atoms with Crippen LogP contribution in [0, 0.1) is 0 Å². The summed E-state index contributed by atoms with van der Waals surface area (Å²) in [5.74, 6) is 0.216. The van der Waals surface area contributed by atoms with Crippen LogP contribution >= 0.6 is 11.6 Å². The Balaban J connectivity index is 2.52. The van der Waals surface area contributed by atoms with Gasteiger partial charge in [0.25, 0.3) is 0 Å². The summed E-state index contributed by atoms with van der Waals surface area (Å²) in [6.07, 6.45) is 4.48. The Morgan fingerprint density at radius 3 is 2.89 bits per heavy atom. The van der Waals surface area contributed by atoms with Crippen molar-refractivity contribution in [3.63, 3.8) is 0 Å². The van der Waals surface area contributed by atoms with Gasteiger partial charge in [0.2, 0.25) is 5.78 Å². The smallest absolute Gasteiger partial charge is 0.216 e. The Bertz CT molecular complexity index is 559. The molecule has 0 N–H and O–H groups in total. The van der Waals surface area contributed by atoms with Gasteiger partial charge >= 0.3 is 0 Å². The van der Waals surface area contributed by atoms with Crippen molar-refractivity contribution in [3.8, 4) is 5.75 Å². The molecule has 0 aliphatic carbocycles. The van der Waals surface area contributed by atoms with Crippen molar-refractivity contribution in [2.45, 2.75) is 13.5 Å². The molecule has 2 aromatic heterocycles. The van der Waals surface area contributed by atoms with Crippen molar-refractivity contribution in [1.29, 1.82) is 0 Å². The quantitative estimate of drug-likeness (QED) is 0.795. The average molecular weight is 266 g/mol. The second-order valence-electron chi connectivity index (χ2n) is 3.56. The minimum Gasteiger partial charge on any atom is -0.493 e. The predicted octanol–water partition coefficient (Wildman–Crippen LogP) is 2.19. The van der Waals surface area contributed by atoms with Crippen LogP contribution in [-0.2, 0) is 6.54 Å². The van der Waals surface area contributed by atoms with E-state index in [0.29, 0.717) is 28.6 Å². The van der Waals surface area contributed by atoms with Crippen molar-refractivity contribution >= 4 is 17.4 Å². The third kappa shape index (κ3) is 2.09. The summed E-state index contributed by atoms with van der Waals surface area (Å²) in [6.45, 7) is 2.48. The second-order valence-corrected chi connectivity index (χ2v) is 3.97. The van der Waals surface area contributed by atoms with E-state index in [1.165, 1.54) is 25.7 Å². The van der Waals surface area contributed by atoms with E-state index in [1.54, 1.807) is 10.7 Å². The number of aryl methyl sites for hydroxylation is 1. The maximum absolute atomic E-state index is 12.4. The number of methoxy groups -OCH3 is 1. The van der Waals surface area contributed by atoms with Gasteiger partial charge in [0.15, 0.2) is 11.4 Å². The molecule has 18 heavy (non-hydrogen) atoms. The number of halogens is 1. The fourth-order valence-electron chi connectivity index (χ4n) is 1.67. The highest BCUT2D eigenvalue weighted by Gasteiger charge is 2.22. The van der Waals surface area contributed by atoms with E-state index in [4.69, 9.17) is 16.3 Å². The molecule has 2 rings (SSSR count). The Morgan fingerprint density at radius 1 is 1.50 bits per heavy atom. The Labute approximate surface area is 109 Å². The number of carbonyl (C=O) groups is 1. The molecule has 0 bridgehead atoms. The molecule has 0 spiro atoms. The van der Waals surface area contributed by atoms with Gasteiger partial charge in [-0.25, -0.2) is 0 Å². The van der Waals surface area contributed by atoms with E-state index in [0.717, 1.165) is 0 Å². The molecule has 0 aliphatic rings. The lowest BCUT2D eigenvalue weighted by Crippen LogP contribution is -2.12. The molecule has 0 atom stereocenters. The molecule has 0 radical (unpaired) electrons. The molecular formula is C12H12ClN3O2. The van der Waals surface area contributed by atoms with Crippen molar-refractivity contribution in [1.82, 2.24) is 14.8 Å². The number of hydrogen-bond acceptors (Lipinski definition) is 4. The third-order valence-corrected chi connectivity index (χ3v) is 2.86. The maximum atomic E-state index is 12.4. The molecule has 0 saturated carbocycles. The van der Waals surface area contributed by atoms with Crippen LogP contribution in [0.5, 0.6) is 5.75 Å². The number of ketones is 1. The highest BCUT2D eigenvalue weighted by Crippen LogP contribution is 2.24. The lowest BCUT2D eigenvalue weighted by atomic mass is 10.1.